The van der Waals surface area contributed by atoms with Gasteiger partial charge in [0.05, 0.1) is 13.1 Å². The number of likely N-dealkylation sites (tertiary alicyclic amines) is 1. The maximum absolute atomic E-state index is 13.6. The molecule has 2 aromatic carbocycles. The summed E-state index contributed by atoms with van der Waals surface area (Å²) in [7, 11) is 1.48. The molecule has 332 valence electrons. The number of hydrogen-bond acceptors (Lipinski definition) is 8. The standard InChI is InChI=1S/C21H25F2N3O3.C20H25F2N3O2.C3H6O2/c1-14-2-5-16(6-3-14)25-10-19(28)26(9-15-4-7-17(22)18(23)8-15)21(20(25)29)11-24(12-21)13-27;1-13-2-5-15(6-3-13)24-10-18(26)25(20(19(24)27)11-23-12-20)9-14-4-7-16(21)17(22)8-14;1-5-3-2-4/h4,7-8,13-14,16H,2-3,5-6,9-12H2,1H3;4,7-8,13,15,23H,2-3,5-6,9-12H2,1H3;2H,3H2,1H3. The molecule has 4 aliphatic heterocycles. The molecule has 2 aromatic rings. The second-order valence-electron chi connectivity index (χ2n) is 17.4. The number of ether oxygens (including phenoxy) is 1. The normalized spacial score (nSPS) is 25.6. The molecule has 5 amide bonds. The molecule has 0 unspecified atom stereocenters. The first kappa shape index (κ1) is 45.6. The van der Waals surface area contributed by atoms with Gasteiger partial charge < -0.3 is 39.3 Å². The topological polar surface area (TPSA) is 140 Å². The summed E-state index contributed by atoms with van der Waals surface area (Å²) in [5.74, 6) is -3.03. The predicted molar refractivity (Wildman–Crippen MR) is 214 cm³/mol. The Morgan fingerprint density at radius 2 is 1.08 bits per heavy atom. The van der Waals surface area contributed by atoms with Gasteiger partial charge in [0.1, 0.15) is 31.5 Å². The molecule has 4 saturated heterocycles. The van der Waals surface area contributed by atoms with Gasteiger partial charge in [-0.05, 0) is 98.6 Å². The van der Waals surface area contributed by atoms with E-state index in [0.717, 1.165) is 75.6 Å². The number of aldehydes is 1. The number of carbonyl (C=O) groups is 6. The summed E-state index contributed by atoms with van der Waals surface area (Å²) in [6.07, 6.45) is 9.19. The van der Waals surface area contributed by atoms with Crippen LogP contribution in [0.1, 0.15) is 76.3 Å². The van der Waals surface area contributed by atoms with Crippen molar-refractivity contribution in [2.75, 3.05) is 53.0 Å². The maximum atomic E-state index is 13.6. The highest BCUT2D eigenvalue weighted by Crippen LogP contribution is 2.38. The van der Waals surface area contributed by atoms with E-state index in [0.29, 0.717) is 48.7 Å². The van der Waals surface area contributed by atoms with Crippen LogP contribution in [0.15, 0.2) is 36.4 Å². The first-order valence-corrected chi connectivity index (χ1v) is 21.1. The summed E-state index contributed by atoms with van der Waals surface area (Å²) < 4.78 is 58.0. The third-order valence-corrected chi connectivity index (χ3v) is 13.2. The number of piperazine rings is 2. The minimum atomic E-state index is -1.12. The largest absolute Gasteiger partial charge is 0.377 e. The quantitative estimate of drug-likeness (QED) is 0.297. The second-order valence-corrected chi connectivity index (χ2v) is 17.4. The lowest BCUT2D eigenvalue weighted by Crippen LogP contribution is -2.80. The lowest BCUT2D eigenvalue weighted by molar-refractivity contribution is -0.183. The van der Waals surface area contributed by atoms with Crippen LogP contribution in [-0.2, 0) is 46.6 Å². The Morgan fingerprint density at radius 3 is 1.43 bits per heavy atom. The van der Waals surface area contributed by atoms with Crippen molar-refractivity contribution in [3.63, 3.8) is 0 Å². The van der Waals surface area contributed by atoms with Crippen molar-refractivity contribution >= 4 is 36.3 Å². The number of benzene rings is 2. The lowest BCUT2D eigenvalue weighted by atomic mass is 9.80. The summed E-state index contributed by atoms with van der Waals surface area (Å²) >= 11 is 0. The molecular formula is C44H56F4N6O7. The summed E-state index contributed by atoms with van der Waals surface area (Å²) in [6, 6.07) is 7.26. The van der Waals surface area contributed by atoms with Crippen molar-refractivity contribution in [1.29, 1.82) is 0 Å². The van der Waals surface area contributed by atoms with Crippen LogP contribution in [0, 0.1) is 35.1 Å². The van der Waals surface area contributed by atoms with Gasteiger partial charge in [0.2, 0.25) is 18.2 Å². The first-order valence-electron chi connectivity index (χ1n) is 21.1. The van der Waals surface area contributed by atoms with E-state index >= 15 is 0 Å². The molecule has 2 aliphatic carbocycles. The van der Waals surface area contributed by atoms with E-state index in [2.05, 4.69) is 23.9 Å². The Bertz CT molecular complexity index is 1950. The third-order valence-electron chi connectivity index (χ3n) is 13.2. The summed E-state index contributed by atoms with van der Waals surface area (Å²) in [6.45, 7) is 5.87. The third kappa shape index (κ3) is 9.62. The van der Waals surface area contributed by atoms with E-state index in [1.54, 1.807) is 14.7 Å². The van der Waals surface area contributed by atoms with Crippen molar-refractivity contribution in [2.24, 2.45) is 11.8 Å². The number of nitrogens with zero attached hydrogens (tertiary/aromatic N) is 5. The highest BCUT2D eigenvalue weighted by Gasteiger charge is 2.60. The zero-order chi connectivity index (χ0) is 44.1. The van der Waals surface area contributed by atoms with E-state index in [4.69, 9.17) is 0 Å². The van der Waals surface area contributed by atoms with E-state index in [1.807, 2.05) is 0 Å². The molecule has 0 bridgehead atoms. The molecule has 13 nitrogen and oxygen atoms in total. The number of carbonyl (C=O) groups excluding carboxylic acids is 6. The first-order chi connectivity index (χ1) is 29.2. The van der Waals surface area contributed by atoms with Gasteiger partial charge in [-0.15, -0.1) is 0 Å². The van der Waals surface area contributed by atoms with E-state index < -0.39 is 34.3 Å². The van der Waals surface area contributed by atoms with Gasteiger partial charge in [-0.25, -0.2) is 17.6 Å². The van der Waals surface area contributed by atoms with Crippen LogP contribution in [0.4, 0.5) is 17.6 Å². The van der Waals surface area contributed by atoms with Gasteiger partial charge >= 0.3 is 0 Å². The molecule has 4 heterocycles. The molecule has 8 rings (SSSR count). The molecule has 0 radical (unpaired) electrons. The Balaban J connectivity index is 0.000000184. The van der Waals surface area contributed by atoms with E-state index in [1.165, 1.54) is 29.0 Å². The van der Waals surface area contributed by atoms with E-state index in [9.17, 15) is 46.3 Å². The van der Waals surface area contributed by atoms with Crippen LogP contribution in [-0.4, -0.2) is 137 Å². The van der Waals surface area contributed by atoms with Gasteiger partial charge in [-0.3, -0.25) is 24.0 Å². The fourth-order valence-corrected chi connectivity index (χ4v) is 9.45. The van der Waals surface area contributed by atoms with Crippen LogP contribution in [0.25, 0.3) is 0 Å². The number of rotatable bonds is 9. The Labute approximate surface area is 353 Å². The molecule has 6 fully saturated rings. The number of nitrogens with one attached hydrogen (secondary N) is 1. The Hall–Kier alpha value is -4.90. The number of amides is 5. The van der Waals surface area contributed by atoms with Gasteiger partial charge in [0.15, 0.2) is 28.8 Å². The monoisotopic (exact) mass is 856 g/mol. The highest BCUT2D eigenvalue weighted by molar-refractivity contribution is 6.00. The second kappa shape index (κ2) is 19.4. The fraction of sp³-hybridized carbons (Fsp3) is 0.591. The van der Waals surface area contributed by atoms with Gasteiger partial charge in [-0.1, -0.05) is 26.0 Å². The van der Waals surface area contributed by atoms with Crippen LogP contribution in [0.5, 0.6) is 0 Å². The van der Waals surface area contributed by atoms with Gasteiger partial charge in [0, 0.05) is 45.4 Å². The van der Waals surface area contributed by atoms with Crippen LogP contribution in [0.2, 0.25) is 0 Å². The SMILES string of the molecule is CC1CCC(N2CC(=O)N(Cc3ccc(F)c(F)c3)C3(CN(C=O)C3)C2=O)CC1.CC1CCC(N2CC(=O)N(Cc3ccc(F)c(F)c3)C3(CNC3)C2=O)CC1.COCC=O. The molecule has 0 atom stereocenters. The summed E-state index contributed by atoms with van der Waals surface area (Å²) in [4.78, 5) is 81.2. The zero-order valence-electron chi connectivity index (χ0n) is 35.1. The molecular weight excluding hydrogens is 801 g/mol. The Morgan fingerprint density at radius 1 is 0.656 bits per heavy atom. The fourth-order valence-electron chi connectivity index (χ4n) is 9.45. The van der Waals surface area contributed by atoms with Crippen molar-refractivity contribution in [2.45, 2.75) is 101 Å². The van der Waals surface area contributed by atoms with Crippen LogP contribution in [0.3, 0.4) is 0 Å². The van der Waals surface area contributed by atoms with Crippen LogP contribution < -0.4 is 5.32 Å². The molecule has 0 aromatic heterocycles. The zero-order valence-corrected chi connectivity index (χ0v) is 35.1. The highest BCUT2D eigenvalue weighted by atomic mass is 19.2. The molecule has 6 aliphatic rings. The smallest absolute Gasteiger partial charge is 0.252 e. The van der Waals surface area contributed by atoms with E-state index in [-0.39, 0.29) is 81.6 Å². The average Bonchev–Trinajstić information content (AvgIpc) is 3.20. The van der Waals surface area contributed by atoms with Crippen molar-refractivity contribution in [3.05, 3.63) is 70.8 Å². The molecule has 2 saturated carbocycles. The average molecular weight is 857 g/mol. The van der Waals surface area contributed by atoms with Crippen LogP contribution >= 0.6 is 0 Å². The number of hydrogen-bond donors (Lipinski definition) is 1. The summed E-state index contributed by atoms with van der Waals surface area (Å²) in [5.41, 5.74) is -1.12. The van der Waals surface area contributed by atoms with Crippen molar-refractivity contribution < 1.29 is 51.1 Å². The molecule has 2 spiro atoms. The van der Waals surface area contributed by atoms with Gasteiger partial charge in [0.25, 0.3) is 11.8 Å². The van der Waals surface area contributed by atoms with Crippen molar-refractivity contribution in [3.8, 4) is 0 Å². The Kier molecular flexibility index (Phi) is 14.5. The minimum absolute atomic E-state index is 0.00398. The number of methoxy groups -OCH3 is 1. The van der Waals surface area contributed by atoms with Crippen molar-refractivity contribution in [1.82, 2.24) is 29.8 Å². The maximum Gasteiger partial charge on any atom is 0.252 e. The predicted octanol–water partition coefficient (Wildman–Crippen LogP) is 3.81. The summed E-state index contributed by atoms with van der Waals surface area (Å²) in [5, 5.41) is 3.11. The van der Waals surface area contributed by atoms with Gasteiger partial charge in [-0.2, -0.15) is 0 Å². The lowest BCUT2D eigenvalue weighted by Gasteiger charge is -2.58. The molecule has 17 heteroatoms. The molecule has 1 N–H and O–H groups in total. The number of halogens is 4. The minimum Gasteiger partial charge on any atom is -0.377 e. The molecule has 61 heavy (non-hydrogen) atoms.